The van der Waals surface area contributed by atoms with Crippen molar-refractivity contribution in [2.75, 3.05) is 5.33 Å². The van der Waals surface area contributed by atoms with Gasteiger partial charge in [-0.15, -0.1) is 11.8 Å². The van der Waals surface area contributed by atoms with Gasteiger partial charge < -0.3 is 0 Å². The van der Waals surface area contributed by atoms with Crippen molar-refractivity contribution in [3.63, 3.8) is 0 Å². The van der Waals surface area contributed by atoms with Gasteiger partial charge in [0.2, 0.25) is 0 Å². The molecule has 0 N–H and O–H groups in total. The number of halogens is 2. The van der Waals surface area contributed by atoms with Crippen molar-refractivity contribution in [2.45, 2.75) is 29.4 Å². The summed E-state index contributed by atoms with van der Waals surface area (Å²) in [4.78, 5) is 1.49. The van der Waals surface area contributed by atoms with E-state index in [0.29, 0.717) is 5.92 Å². The fourth-order valence-electron chi connectivity index (χ4n) is 2.91. The molecule has 2 atom stereocenters. The van der Waals surface area contributed by atoms with Gasteiger partial charge in [0.25, 0.3) is 0 Å². The lowest BCUT2D eigenvalue weighted by atomic mass is 9.94. The van der Waals surface area contributed by atoms with Crippen LogP contribution < -0.4 is 0 Å². The molecular formula is C18H18Br2S. The van der Waals surface area contributed by atoms with Gasteiger partial charge in [-0.2, -0.15) is 0 Å². The lowest BCUT2D eigenvalue weighted by Crippen LogP contribution is -2.14. The lowest BCUT2D eigenvalue weighted by molar-refractivity contribution is 0.530. The summed E-state index contributed by atoms with van der Waals surface area (Å²) >= 11 is 9.28. The second kappa shape index (κ2) is 7.34. The van der Waals surface area contributed by atoms with E-state index < -0.39 is 0 Å². The van der Waals surface area contributed by atoms with Crippen LogP contribution in [0.5, 0.6) is 0 Å². The molecule has 0 saturated heterocycles. The fourth-order valence-corrected chi connectivity index (χ4v) is 5.12. The minimum Gasteiger partial charge on any atom is -0.122 e. The molecule has 0 amide bonds. The fraction of sp³-hybridized carbons (Fsp3) is 0.333. The molecule has 1 heterocycles. The topological polar surface area (TPSA) is 0 Å². The number of thioether (sulfide) groups is 1. The largest absolute Gasteiger partial charge is 0.122 e. The highest BCUT2D eigenvalue weighted by atomic mass is 79.9. The van der Waals surface area contributed by atoms with Crippen LogP contribution in [-0.2, 0) is 12.8 Å². The van der Waals surface area contributed by atoms with Gasteiger partial charge in [0.05, 0.1) is 0 Å². The molecule has 3 heteroatoms. The predicted octanol–water partition coefficient (Wildman–Crippen LogP) is 6.11. The summed E-state index contributed by atoms with van der Waals surface area (Å²) in [7, 11) is 0. The Hall–Kier alpha value is -0.250. The summed E-state index contributed by atoms with van der Waals surface area (Å²) in [5.41, 5.74) is 2.97. The van der Waals surface area contributed by atoms with Crippen molar-refractivity contribution in [3.8, 4) is 0 Å². The molecule has 1 aliphatic heterocycles. The van der Waals surface area contributed by atoms with Gasteiger partial charge in [-0.25, -0.2) is 0 Å². The molecule has 110 valence electrons. The Bertz CT molecular complexity index is 569. The minimum absolute atomic E-state index is 0.706. The monoisotopic (exact) mass is 424 g/mol. The lowest BCUT2D eigenvalue weighted by Gasteiger charge is -2.18. The van der Waals surface area contributed by atoms with E-state index in [1.54, 1.807) is 0 Å². The van der Waals surface area contributed by atoms with E-state index in [9.17, 15) is 0 Å². The van der Waals surface area contributed by atoms with Crippen LogP contribution in [0, 0.1) is 5.92 Å². The van der Waals surface area contributed by atoms with Crippen LogP contribution in [0.2, 0.25) is 0 Å². The van der Waals surface area contributed by atoms with Gasteiger partial charge >= 0.3 is 0 Å². The number of benzene rings is 2. The summed E-state index contributed by atoms with van der Waals surface area (Å²) in [6, 6.07) is 17.6. The quantitative estimate of drug-likeness (QED) is 0.520. The first kappa shape index (κ1) is 15.6. The molecular weight excluding hydrogens is 408 g/mol. The second-order valence-corrected chi connectivity index (χ2v) is 8.54. The maximum atomic E-state index is 3.71. The molecule has 1 aliphatic rings. The number of rotatable bonds is 5. The first-order chi connectivity index (χ1) is 10.2. The van der Waals surface area contributed by atoms with E-state index in [1.807, 2.05) is 0 Å². The molecule has 0 bridgehead atoms. The maximum Gasteiger partial charge on any atom is 0.0175 e. The highest BCUT2D eigenvalue weighted by Crippen LogP contribution is 2.40. The Balaban J connectivity index is 1.60. The molecule has 2 unspecified atom stereocenters. The third-order valence-corrected chi connectivity index (χ3v) is 6.75. The number of fused-ring (bicyclic) bond motifs is 1. The Labute approximate surface area is 148 Å². The third kappa shape index (κ3) is 4.14. The third-order valence-electron chi connectivity index (χ3n) is 3.97. The van der Waals surface area contributed by atoms with Gasteiger partial charge in [-0.3, -0.25) is 0 Å². The summed E-state index contributed by atoms with van der Waals surface area (Å²) in [5, 5.41) is 1.82. The van der Waals surface area contributed by atoms with E-state index in [-0.39, 0.29) is 0 Å². The van der Waals surface area contributed by atoms with E-state index in [4.69, 9.17) is 0 Å². The first-order valence-corrected chi connectivity index (χ1v) is 10.1. The Morgan fingerprint density at radius 3 is 2.57 bits per heavy atom. The van der Waals surface area contributed by atoms with E-state index >= 15 is 0 Å². The molecule has 2 aromatic rings. The summed E-state index contributed by atoms with van der Waals surface area (Å²) < 4.78 is 1.16. The van der Waals surface area contributed by atoms with Crippen LogP contribution in [0.3, 0.4) is 0 Å². The SMILES string of the molecule is BrCC(Cc1ccc(Br)cc1)CC1Cc2ccccc2S1. The molecule has 2 aromatic carbocycles. The summed E-state index contributed by atoms with van der Waals surface area (Å²) in [5.74, 6) is 0.706. The Kier molecular flexibility index (Phi) is 5.47. The molecule has 0 saturated carbocycles. The van der Waals surface area contributed by atoms with Crippen molar-refractivity contribution < 1.29 is 0 Å². The number of hydrogen-bond acceptors (Lipinski definition) is 1. The zero-order chi connectivity index (χ0) is 14.7. The van der Waals surface area contributed by atoms with E-state index in [0.717, 1.165) is 21.5 Å². The van der Waals surface area contributed by atoms with Gasteiger partial charge in [-0.1, -0.05) is 62.2 Å². The minimum atomic E-state index is 0.706. The van der Waals surface area contributed by atoms with Gasteiger partial charge in [-0.05, 0) is 54.5 Å². The van der Waals surface area contributed by atoms with Gasteiger partial charge in [0.1, 0.15) is 0 Å². The molecule has 0 aliphatic carbocycles. The van der Waals surface area contributed by atoms with Crippen molar-refractivity contribution in [2.24, 2.45) is 5.92 Å². The smallest absolute Gasteiger partial charge is 0.0175 e. The van der Waals surface area contributed by atoms with Crippen molar-refractivity contribution in [1.29, 1.82) is 0 Å². The van der Waals surface area contributed by atoms with Gasteiger partial charge in [0.15, 0.2) is 0 Å². The molecule has 0 fully saturated rings. The first-order valence-electron chi connectivity index (χ1n) is 7.29. The number of hydrogen-bond donors (Lipinski definition) is 0. The molecule has 0 spiro atoms. The van der Waals surface area contributed by atoms with E-state index in [2.05, 4.69) is 92.2 Å². The Morgan fingerprint density at radius 1 is 1.10 bits per heavy atom. The van der Waals surface area contributed by atoms with Crippen LogP contribution in [0.1, 0.15) is 17.5 Å². The van der Waals surface area contributed by atoms with Crippen LogP contribution in [0.25, 0.3) is 0 Å². The number of alkyl halides is 1. The molecule has 0 aromatic heterocycles. The predicted molar refractivity (Wildman–Crippen MR) is 99.5 cm³/mol. The van der Waals surface area contributed by atoms with Crippen LogP contribution in [-0.4, -0.2) is 10.6 Å². The average molecular weight is 426 g/mol. The Morgan fingerprint density at radius 2 is 1.86 bits per heavy atom. The highest BCUT2D eigenvalue weighted by Gasteiger charge is 2.24. The molecule has 0 radical (unpaired) electrons. The van der Waals surface area contributed by atoms with Crippen LogP contribution in [0.15, 0.2) is 57.9 Å². The molecule has 0 nitrogen and oxygen atoms in total. The van der Waals surface area contributed by atoms with Crippen LogP contribution >= 0.6 is 43.6 Å². The van der Waals surface area contributed by atoms with Crippen LogP contribution in [0.4, 0.5) is 0 Å². The van der Waals surface area contributed by atoms with Crippen molar-refractivity contribution in [3.05, 3.63) is 64.1 Å². The summed E-state index contributed by atoms with van der Waals surface area (Å²) in [6.45, 7) is 0. The maximum absolute atomic E-state index is 3.71. The second-order valence-electron chi connectivity index (χ2n) is 5.64. The van der Waals surface area contributed by atoms with E-state index in [1.165, 1.54) is 28.9 Å². The zero-order valence-electron chi connectivity index (χ0n) is 11.8. The zero-order valence-corrected chi connectivity index (χ0v) is 15.8. The van der Waals surface area contributed by atoms with Crippen molar-refractivity contribution >= 4 is 43.6 Å². The molecule has 21 heavy (non-hydrogen) atoms. The molecule has 3 rings (SSSR count). The normalized spacial score (nSPS) is 18.5. The standard InChI is InChI=1S/C18H18Br2S/c19-12-14(9-13-5-7-16(20)8-6-13)10-17-11-15-3-1-2-4-18(15)21-17/h1-8,14,17H,9-12H2. The summed E-state index contributed by atoms with van der Waals surface area (Å²) in [6.07, 6.45) is 3.66. The average Bonchev–Trinajstić information content (AvgIpc) is 2.91. The van der Waals surface area contributed by atoms with Crippen molar-refractivity contribution in [1.82, 2.24) is 0 Å². The highest BCUT2D eigenvalue weighted by molar-refractivity contribution is 9.10. The van der Waals surface area contributed by atoms with Gasteiger partial charge in [0, 0.05) is 19.9 Å².